The first-order valence-electron chi connectivity index (χ1n) is 7.99. The van der Waals surface area contributed by atoms with E-state index in [-0.39, 0.29) is 0 Å². The van der Waals surface area contributed by atoms with Gasteiger partial charge >= 0.3 is 0 Å². The molecule has 0 spiro atoms. The van der Waals surface area contributed by atoms with Crippen LogP contribution >= 0.6 is 11.8 Å². The zero-order valence-electron chi connectivity index (χ0n) is 12.4. The van der Waals surface area contributed by atoms with Crippen LogP contribution in [0.4, 0.5) is 0 Å². The second kappa shape index (κ2) is 6.82. The molecule has 0 saturated carbocycles. The molecular weight excluding hydrogens is 262 g/mol. The van der Waals surface area contributed by atoms with E-state index < -0.39 is 0 Å². The molecule has 0 aromatic heterocycles. The lowest BCUT2D eigenvalue weighted by Gasteiger charge is -2.26. The second-order valence-electron chi connectivity index (χ2n) is 5.97. The highest BCUT2D eigenvalue weighted by atomic mass is 32.2. The molecule has 20 heavy (non-hydrogen) atoms. The summed E-state index contributed by atoms with van der Waals surface area (Å²) in [5.74, 6) is 0. The summed E-state index contributed by atoms with van der Waals surface area (Å²) in [5.41, 5.74) is 3.20. The Morgan fingerprint density at radius 3 is 2.85 bits per heavy atom. The smallest absolute Gasteiger partial charge is 0.0404 e. The SMILES string of the molecule is CNC(/C1=C/CCCCCC1)C1Cc2ccccc2S1. The first-order chi connectivity index (χ1) is 9.88. The molecular formula is C18H25NS. The number of nitrogens with one attached hydrogen (secondary N) is 1. The maximum Gasteiger partial charge on any atom is 0.0404 e. The minimum absolute atomic E-state index is 0.547. The third-order valence-corrected chi connectivity index (χ3v) is 5.97. The number of hydrogen-bond donors (Lipinski definition) is 1. The topological polar surface area (TPSA) is 12.0 Å². The monoisotopic (exact) mass is 287 g/mol. The number of allylic oxidation sites excluding steroid dienone is 1. The Bertz CT molecular complexity index is 455. The van der Waals surface area contributed by atoms with Gasteiger partial charge in [-0.2, -0.15) is 0 Å². The minimum atomic E-state index is 0.547. The number of thioether (sulfide) groups is 1. The molecule has 1 nitrogen and oxygen atoms in total. The molecule has 1 aliphatic heterocycles. The fourth-order valence-corrected chi connectivity index (χ4v) is 5.00. The highest BCUT2D eigenvalue weighted by Gasteiger charge is 2.30. The van der Waals surface area contributed by atoms with Crippen molar-refractivity contribution in [2.75, 3.05) is 7.05 Å². The molecule has 0 fully saturated rings. The largest absolute Gasteiger partial charge is 0.312 e. The first kappa shape index (κ1) is 14.2. The summed E-state index contributed by atoms with van der Waals surface area (Å²) in [6.07, 6.45) is 11.9. The summed E-state index contributed by atoms with van der Waals surface area (Å²) in [6, 6.07) is 9.45. The van der Waals surface area contributed by atoms with Crippen LogP contribution in [0.25, 0.3) is 0 Å². The Kier molecular flexibility index (Phi) is 4.85. The second-order valence-corrected chi connectivity index (χ2v) is 7.25. The van der Waals surface area contributed by atoms with E-state index in [2.05, 4.69) is 54.5 Å². The van der Waals surface area contributed by atoms with Crippen molar-refractivity contribution in [3.63, 3.8) is 0 Å². The average molecular weight is 287 g/mol. The Balaban J connectivity index is 1.74. The van der Waals surface area contributed by atoms with Crippen LogP contribution in [0.3, 0.4) is 0 Å². The molecule has 0 saturated heterocycles. The third-order valence-electron chi connectivity index (χ3n) is 4.58. The molecule has 2 aliphatic rings. The predicted molar refractivity (Wildman–Crippen MR) is 88.4 cm³/mol. The third kappa shape index (κ3) is 3.12. The molecule has 0 amide bonds. The molecule has 2 unspecified atom stereocenters. The van der Waals surface area contributed by atoms with Crippen LogP contribution in [0.1, 0.15) is 44.1 Å². The predicted octanol–water partition coefficient (Wildman–Crippen LogP) is 4.57. The fraction of sp³-hybridized carbons (Fsp3) is 0.556. The fourth-order valence-electron chi connectivity index (χ4n) is 3.50. The van der Waals surface area contributed by atoms with Crippen molar-refractivity contribution in [1.29, 1.82) is 0 Å². The van der Waals surface area contributed by atoms with Crippen LogP contribution in [-0.4, -0.2) is 18.3 Å². The van der Waals surface area contributed by atoms with Gasteiger partial charge in [0.2, 0.25) is 0 Å². The Labute approximate surface area is 127 Å². The van der Waals surface area contributed by atoms with Crippen LogP contribution < -0.4 is 5.32 Å². The maximum atomic E-state index is 3.61. The van der Waals surface area contributed by atoms with Crippen molar-refractivity contribution in [2.45, 2.75) is 61.1 Å². The van der Waals surface area contributed by atoms with E-state index in [1.807, 2.05) is 0 Å². The Morgan fingerprint density at radius 1 is 1.15 bits per heavy atom. The first-order valence-corrected chi connectivity index (χ1v) is 8.87. The van der Waals surface area contributed by atoms with Crippen molar-refractivity contribution in [2.24, 2.45) is 0 Å². The lowest BCUT2D eigenvalue weighted by Crippen LogP contribution is -2.37. The van der Waals surface area contributed by atoms with E-state index in [1.165, 1.54) is 55.4 Å². The number of hydrogen-bond acceptors (Lipinski definition) is 2. The van der Waals surface area contributed by atoms with Gasteiger partial charge in [0.25, 0.3) is 0 Å². The van der Waals surface area contributed by atoms with Gasteiger partial charge in [0.15, 0.2) is 0 Å². The van der Waals surface area contributed by atoms with Gasteiger partial charge in [0, 0.05) is 16.2 Å². The normalized spacial score (nSPS) is 27.1. The standard InChI is InChI=1S/C18H25NS/c1-19-18(14-9-5-3-2-4-6-10-14)17-13-15-11-7-8-12-16(15)20-17/h7-9,11-12,17-19H,2-6,10,13H2,1H3/b14-9+. The highest BCUT2D eigenvalue weighted by Crippen LogP contribution is 2.40. The van der Waals surface area contributed by atoms with Gasteiger partial charge in [-0.3, -0.25) is 0 Å². The van der Waals surface area contributed by atoms with Gasteiger partial charge in [-0.15, -0.1) is 11.8 Å². The molecule has 1 aromatic rings. The summed E-state index contributed by atoms with van der Waals surface area (Å²) in [4.78, 5) is 1.49. The zero-order chi connectivity index (χ0) is 13.8. The molecule has 2 atom stereocenters. The van der Waals surface area contributed by atoms with Crippen molar-refractivity contribution < 1.29 is 0 Å². The van der Waals surface area contributed by atoms with Crippen LogP contribution in [0.5, 0.6) is 0 Å². The number of rotatable bonds is 3. The summed E-state index contributed by atoms with van der Waals surface area (Å²) in [5, 5.41) is 4.28. The van der Waals surface area contributed by atoms with Crippen molar-refractivity contribution in [3.05, 3.63) is 41.5 Å². The Hall–Kier alpha value is -0.730. The molecule has 1 heterocycles. The van der Waals surface area contributed by atoms with Crippen molar-refractivity contribution in [3.8, 4) is 0 Å². The number of likely N-dealkylation sites (N-methyl/N-ethyl adjacent to an activating group) is 1. The van der Waals surface area contributed by atoms with E-state index >= 15 is 0 Å². The molecule has 2 heteroatoms. The highest BCUT2D eigenvalue weighted by molar-refractivity contribution is 8.00. The maximum absolute atomic E-state index is 3.61. The number of fused-ring (bicyclic) bond motifs is 1. The quantitative estimate of drug-likeness (QED) is 0.817. The molecule has 108 valence electrons. The minimum Gasteiger partial charge on any atom is -0.312 e. The van der Waals surface area contributed by atoms with E-state index in [0.717, 1.165) is 0 Å². The van der Waals surface area contributed by atoms with E-state index in [0.29, 0.717) is 11.3 Å². The van der Waals surface area contributed by atoms with Crippen LogP contribution in [-0.2, 0) is 6.42 Å². The van der Waals surface area contributed by atoms with E-state index in [1.54, 1.807) is 5.57 Å². The molecule has 0 bridgehead atoms. The van der Waals surface area contributed by atoms with E-state index in [4.69, 9.17) is 0 Å². The zero-order valence-corrected chi connectivity index (χ0v) is 13.2. The molecule has 0 radical (unpaired) electrons. The van der Waals surface area contributed by atoms with Gasteiger partial charge in [-0.05, 0) is 50.8 Å². The molecule has 1 aromatic carbocycles. The van der Waals surface area contributed by atoms with Gasteiger partial charge in [-0.25, -0.2) is 0 Å². The van der Waals surface area contributed by atoms with Gasteiger partial charge in [0.1, 0.15) is 0 Å². The average Bonchev–Trinajstić information content (AvgIpc) is 2.85. The molecule has 3 rings (SSSR count). The van der Waals surface area contributed by atoms with Crippen molar-refractivity contribution in [1.82, 2.24) is 5.32 Å². The van der Waals surface area contributed by atoms with Gasteiger partial charge < -0.3 is 5.32 Å². The van der Waals surface area contributed by atoms with Gasteiger partial charge in [-0.1, -0.05) is 42.7 Å². The summed E-state index contributed by atoms with van der Waals surface area (Å²) in [7, 11) is 2.13. The Morgan fingerprint density at radius 2 is 2.00 bits per heavy atom. The summed E-state index contributed by atoms with van der Waals surface area (Å²) < 4.78 is 0. The van der Waals surface area contributed by atoms with Crippen LogP contribution in [0.2, 0.25) is 0 Å². The van der Waals surface area contributed by atoms with E-state index in [9.17, 15) is 0 Å². The van der Waals surface area contributed by atoms with Crippen LogP contribution in [0, 0.1) is 0 Å². The lowest BCUT2D eigenvalue weighted by molar-refractivity contribution is 0.546. The van der Waals surface area contributed by atoms with Crippen molar-refractivity contribution >= 4 is 11.8 Å². The molecule has 1 aliphatic carbocycles. The number of benzene rings is 1. The summed E-state index contributed by atoms with van der Waals surface area (Å²) in [6.45, 7) is 0. The lowest BCUT2D eigenvalue weighted by atomic mass is 9.91. The van der Waals surface area contributed by atoms with Crippen LogP contribution in [0.15, 0.2) is 40.8 Å². The molecule has 1 N–H and O–H groups in total. The van der Waals surface area contributed by atoms with Gasteiger partial charge in [0.05, 0.1) is 0 Å². The summed E-state index contributed by atoms with van der Waals surface area (Å²) >= 11 is 2.07.